The maximum atomic E-state index is 2.18. The van der Waals surface area contributed by atoms with E-state index in [0.29, 0.717) is 0 Å². The van der Waals surface area contributed by atoms with Gasteiger partial charge in [0.1, 0.15) is 0 Å². The second-order valence-electron chi connectivity index (χ2n) is 3.34. The molecular formula is C15H28. The molecule has 0 aliphatic rings. The highest BCUT2D eigenvalue weighted by atomic mass is 13.9. The van der Waals surface area contributed by atoms with Crippen LogP contribution in [-0.2, 0) is 6.42 Å². The van der Waals surface area contributed by atoms with Gasteiger partial charge >= 0.3 is 0 Å². The Kier molecular flexibility index (Phi) is 14.7. The molecular weight excluding hydrogens is 180 g/mol. The van der Waals surface area contributed by atoms with Gasteiger partial charge in [-0.05, 0) is 18.9 Å². The van der Waals surface area contributed by atoms with Crippen LogP contribution in [0.2, 0.25) is 0 Å². The van der Waals surface area contributed by atoms with Gasteiger partial charge in [0.2, 0.25) is 0 Å². The highest BCUT2D eigenvalue weighted by Crippen LogP contribution is 2.02. The van der Waals surface area contributed by atoms with E-state index in [9.17, 15) is 0 Å². The van der Waals surface area contributed by atoms with E-state index in [-0.39, 0.29) is 0 Å². The second kappa shape index (κ2) is 13.2. The number of hydrogen-bond donors (Lipinski definition) is 0. The molecule has 0 amide bonds. The van der Waals surface area contributed by atoms with Gasteiger partial charge in [-0.1, -0.05) is 77.3 Å². The average molecular weight is 208 g/mol. The number of aryl methyl sites for hydroxylation is 2. The molecule has 0 aromatic heterocycles. The van der Waals surface area contributed by atoms with Gasteiger partial charge in [-0.15, -0.1) is 0 Å². The second-order valence-corrected chi connectivity index (χ2v) is 3.34. The van der Waals surface area contributed by atoms with Gasteiger partial charge in [0.05, 0.1) is 0 Å². The molecule has 0 aliphatic carbocycles. The Labute approximate surface area is 96.7 Å². The van der Waals surface area contributed by atoms with Gasteiger partial charge in [-0.25, -0.2) is 0 Å². The SMILES string of the molecule is CC.CCCC.CCc1ccc(C)cc1. The van der Waals surface area contributed by atoms with Crippen molar-refractivity contribution < 1.29 is 0 Å². The summed E-state index contributed by atoms with van der Waals surface area (Å²) in [5, 5.41) is 0. The van der Waals surface area contributed by atoms with E-state index in [0.717, 1.165) is 6.42 Å². The first-order valence-corrected chi connectivity index (χ1v) is 6.30. The molecule has 0 heterocycles. The summed E-state index contributed by atoms with van der Waals surface area (Å²) in [7, 11) is 0. The van der Waals surface area contributed by atoms with Crippen LogP contribution in [0.3, 0.4) is 0 Å². The third kappa shape index (κ3) is 11.1. The van der Waals surface area contributed by atoms with E-state index in [1.165, 1.54) is 24.0 Å². The van der Waals surface area contributed by atoms with Crippen LogP contribution in [0.4, 0.5) is 0 Å². The lowest BCUT2D eigenvalue weighted by Crippen LogP contribution is -1.77. The smallest absolute Gasteiger partial charge is 0.0307 e. The number of benzene rings is 1. The normalized spacial score (nSPS) is 8.13. The summed E-state index contributed by atoms with van der Waals surface area (Å²) in [6.45, 7) is 12.6. The van der Waals surface area contributed by atoms with E-state index in [1.807, 2.05) is 13.8 Å². The molecule has 0 bridgehead atoms. The minimum Gasteiger partial charge on any atom is -0.0683 e. The van der Waals surface area contributed by atoms with Crippen molar-refractivity contribution in [3.05, 3.63) is 35.4 Å². The van der Waals surface area contributed by atoms with E-state index in [1.54, 1.807) is 0 Å². The standard InChI is InChI=1S/C9H12.C4H10.C2H6/c1-3-9-6-4-8(2)5-7-9;1-3-4-2;1-2/h4-7H,3H2,1-2H3;3-4H2,1-2H3;1-2H3. The van der Waals surface area contributed by atoms with Crippen molar-refractivity contribution >= 4 is 0 Å². The average Bonchev–Trinajstić information content (AvgIpc) is 2.33. The topological polar surface area (TPSA) is 0 Å². The zero-order chi connectivity index (χ0) is 12.1. The Morgan fingerprint density at radius 3 is 1.47 bits per heavy atom. The van der Waals surface area contributed by atoms with Crippen molar-refractivity contribution in [2.24, 2.45) is 0 Å². The summed E-state index contributed by atoms with van der Waals surface area (Å²) in [5.41, 5.74) is 2.76. The van der Waals surface area contributed by atoms with Crippen molar-refractivity contribution in [2.45, 2.75) is 60.8 Å². The molecule has 0 atom stereocenters. The van der Waals surface area contributed by atoms with E-state index >= 15 is 0 Å². The zero-order valence-electron chi connectivity index (χ0n) is 11.4. The minimum absolute atomic E-state index is 1.14. The summed E-state index contributed by atoms with van der Waals surface area (Å²) >= 11 is 0. The molecule has 15 heavy (non-hydrogen) atoms. The van der Waals surface area contributed by atoms with Crippen LogP contribution in [0.15, 0.2) is 24.3 Å². The lowest BCUT2D eigenvalue weighted by atomic mass is 10.1. The maximum absolute atomic E-state index is 2.18. The predicted molar refractivity (Wildman–Crippen MR) is 72.5 cm³/mol. The number of hydrogen-bond acceptors (Lipinski definition) is 0. The Hall–Kier alpha value is -0.780. The van der Waals surface area contributed by atoms with Crippen LogP contribution in [0.25, 0.3) is 0 Å². The molecule has 0 N–H and O–H groups in total. The van der Waals surface area contributed by atoms with Crippen molar-refractivity contribution in [1.82, 2.24) is 0 Å². The van der Waals surface area contributed by atoms with Gasteiger partial charge in [0.15, 0.2) is 0 Å². The molecule has 0 aliphatic heterocycles. The van der Waals surface area contributed by atoms with Crippen molar-refractivity contribution in [3.63, 3.8) is 0 Å². The molecule has 0 unspecified atom stereocenters. The quantitative estimate of drug-likeness (QED) is 0.611. The first-order chi connectivity index (χ1) is 7.24. The molecule has 0 spiro atoms. The lowest BCUT2D eigenvalue weighted by Gasteiger charge is -1.94. The fourth-order valence-corrected chi connectivity index (χ4v) is 0.824. The van der Waals surface area contributed by atoms with Gasteiger partial charge in [-0.3, -0.25) is 0 Å². The van der Waals surface area contributed by atoms with Gasteiger partial charge in [-0.2, -0.15) is 0 Å². The van der Waals surface area contributed by atoms with Crippen molar-refractivity contribution in [2.75, 3.05) is 0 Å². The summed E-state index contributed by atoms with van der Waals surface area (Å²) in [5.74, 6) is 0. The van der Waals surface area contributed by atoms with Crippen LogP contribution in [-0.4, -0.2) is 0 Å². The van der Waals surface area contributed by atoms with Crippen LogP contribution in [0, 0.1) is 6.92 Å². The third-order valence-electron chi connectivity index (χ3n) is 2.03. The van der Waals surface area contributed by atoms with E-state index in [2.05, 4.69) is 52.0 Å². The molecule has 1 rings (SSSR count). The monoisotopic (exact) mass is 208 g/mol. The summed E-state index contributed by atoms with van der Waals surface area (Å²) < 4.78 is 0. The largest absolute Gasteiger partial charge is 0.0683 e. The van der Waals surface area contributed by atoms with E-state index in [4.69, 9.17) is 0 Å². The van der Waals surface area contributed by atoms with Crippen molar-refractivity contribution in [1.29, 1.82) is 0 Å². The molecule has 0 fully saturated rings. The van der Waals surface area contributed by atoms with E-state index < -0.39 is 0 Å². The van der Waals surface area contributed by atoms with Crippen LogP contribution in [0.1, 0.15) is 58.6 Å². The summed E-state index contributed by atoms with van der Waals surface area (Å²) in [4.78, 5) is 0. The van der Waals surface area contributed by atoms with Gasteiger partial charge in [0.25, 0.3) is 0 Å². The van der Waals surface area contributed by atoms with Crippen LogP contribution < -0.4 is 0 Å². The molecule has 88 valence electrons. The molecule has 0 heteroatoms. The first-order valence-electron chi connectivity index (χ1n) is 6.30. The zero-order valence-corrected chi connectivity index (χ0v) is 11.4. The molecule has 1 aromatic rings. The third-order valence-corrected chi connectivity index (χ3v) is 2.03. The Balaban J connectivity index is 0. The van der Waals surface area contributed by atoms with Crippen molar-refractivity contribution in [3.8, 4) is 0 Å². The fraction of sp³-hybridized carbons (Fsp3) is 0.600. The summed E-state index contributed by atoms with van der Waals surface area (Å²) in [6.07, 6.45) is 3.78. The van der Waals surface area contributed by atoms with Gasteiger partial charge < -0.3 is 0 Å². The highest BCUT2D eigenvalue weighted by Gasteiger charge is 1.84. The predicted octanol–water partition coefficient (Wildman–Crippen LogP) is 5.39. The molecule has 0 nitrogen and oxygen atoms in total. The summed E-state index contributed by atoms with van der Waals surface area (Å²) in [6, 6.07) is 8.66. The Morgan fingerprint density at radius 1 is 0.800 bits per heavy atom. The van der Waals surface area contributed by atoms with Crippen LogP contribution in [0.5, 0.6) is 0 Å². The Bertz CT molecular complexity index is 194. The first kappa shape index (κ1) is 16.6. The molecule has 0 saturated heterocycles. The minimum atomic E-state index is 1.14. The molecule has 0 radical (unpaired) electrons. The maximum Gasteiger partial charge on any atom is -0.0307 e. The molecule has 1 aromatic carbocycles. The lowest BCUT2D eigenvalue weighted by molar-refractivity contribution is 0.886. The Morgan fingerprint density at radius 2 is 1.20 bits per heavy atom. The van der Waals surface area contributed by atoms with Gasteiger partial charge in [0, 0.05) is 0 Å². The fourth-order valence-electron chi connectivity index (χ4n) is 0.824. The molecule has 0 saturated carbocycles. The number of rotatable bonds is 2. The van der Waals surface area contributed by atoms with Crippen LogP contribution >= 0.6 is 0 Å². The number of unbranched alkanes of at least 4 members (excludes halogenated alkanes) is 1. The highest BCUT2D eigenvalue weighted by molar-refractivity contribution is 5.20.